The average Bonchev–Trinajstić information content (AvgIpc) is 3.55. The number of carboxylic acids is 1. The predicted molar refractivity (Wildman–Crippen MR) is 150 cm³/mol. The number of nitrogens with zero attached hydrogens (tertiary/aromatic N) is 1. The fraction of sp³-hybridized carbons (Fsp3) is 0.400. The lowest BCUT2D eigenvalue weighted by atomic mass is 10.0. The van der Waals surface area contributed by atoms with Crippen molar-refractivity contribution in [3.8, 4) is 0 Å². The van der Waals surface area contributed by atoms with Crippen molar-refractivity contribution in [2.75, 3.05) is 6.54 Å². The number of nitrogens with one attached hydrogen (secondary N) is 3. The predicted octanol–water partition coefficient (Wildman–Crippen LogP) is 3.41. The number of aliphatic carboxylic acids is 1. The summed E-state index contributed by atoms with van der Waals surface area (Å²) >= 11 is 0. The Balaban J connectivity index is 1.55. The first-order valence-electron chi connectivity index (χ1n) is 13.4. The third-order valence-corrected chi connectivity index (χ3v) is 6.81. The number of hydrogen-bond acceptors (Lipinski definition) is 5. The lowest BCUT2D eigenvalue weighted by molar-refractivity contribution is -0.142. The number of carbonyl (C=O) groups is 4. The van der Waals surface area contributed by atoms with E-state index in [1.807, 2.05) is 30.3 Å². The van der Waals surface area contributed by atoms with Gasteiger partial charge in [0.05, 0.1) is 0 Å². The largest absolute Gasteiger partial charge is 0.480 e. The Bertz CT molecular complexity index is 1360. The van der Waals surface area contributed by atoms with Crippen LogP contribution in [-0.2, 0) is 32.0 Å². The van der Waals surface area contributed by atoms with Crippen LogP contribution >= 0.6 is 0 Å². The van der Waals surface area contributed by atoms with Crippen LogP contribution in [0.4, 0.5) is 4.79 Å². The van der Waals surface area contributed by atoms with Crippen LogP contribution in [0.15, 0.2) is 60.8 Å². The summed E-state index contributed by atoms with van der Waals surface area (Å²) in [5.74, 6) is -2.29. The van der Waals surface area contributed by atoms with E-state index in [9.17, 15) is 24.3 Å². The van der Waals surface area contributed by atoms with Gasteiger partial charge in [-0.1, -0.05) is 48.5 Å². The Hall–Kier alpha value is -4.34. The highest BCUT2D eigenvalue weighted by Gasteiger charge is 2.38. The Morgan fingerprint density at radius 1 is 1.00 bits per heavy atom. The van der Waals surface area contributed by atoms with Gasteiger partial charge in [-0.2, -0.15) is 0 Å². The van der Waals surface area contributed by atoms with Crippen molar-refractivity contribution in [1.82, 2.24) is 20.5 Å². The van der Waals surface area contributed by atoms with E-state index in [-0.39, 0.29) is 12.8 Å². The maximum Gasteiger partial charge on any atom is 0.410 e. The highest BCUT2D eigenvalue weighted by molar-refractivity contribution is 5.94. The molecule has 0 saturated carbocycles. The molecule has 3 amide bonds. The molecule has 212 valence electrons. The molecule has 1 aliphatic heterocycles. The molecule has 0 spiro atoms. The number of rotatable bonds is 9. The lowest BCUT2D eigenvalue weighted by Crippen LogP contribution is -2.56. The Labute approximate surface area is 233 Å². The van der Waals surface area contributed by atoms with E-state index in [1.165, 1.54) is 4.90 Å². The fourth-order valence-electron chi connectivity index (χ4n) is 4.90. The SMILES string of the molecule is CC(C)(C)OC(=O)N1CCCC1C(=O)NC(Cc1c[nH]c2ccccc12)C(=O)NC(Cc1ccccc1)C(=O)O. The summed E-state index contributed by atoms with van der Waals surface area (Å²) in [6.45, 7) is 5.63. The van der Waals surface area contributed by atoms with Gasteiger partial charge in [-0.15, -0.1) is 0 Å². The van der Waals surface area contributed by atoms with Crippen LogP contribution in [-0.4, -0.2) is 69.1 Å². The molecule has 2 heterocycles. The van der Waals surface area contributed by atoms with Gasteiger partial charge in [-0.3, -0.25) is 14.5 Å². The van der Waals surface area contributed by atoms with Crippen LogP contribution in [0.25, 0.3) is 10.9 Å². The lowest BCUT2D eigenvalue weighted by Gasteiger charge is -2.29. The number of fused-ring (bicyclic) bond motifs is 1. The molecule has 0 bridgehead atoms. The Kier molecular flexibility index (Phi) is 8.77. The molecule has 1 fully saturated rings. The summed E-state index contributed by atoms with van der Waals surface area (Å²) in [4.78, 5) is 56.4. The van der Waals surface area contributed by atoms with Crippen molar-refractivity contribution in [1.29, 1.82) is 0 Å². The van der Waals surface area contributed by atoms with E-state index in [0.717, 1.165) is 22.0 Å². The molecule has 3 atom stereocenters. The molecule has 3 unspecified atom stereocenters. The number of aromatic amines is 1. The van der Waals surface area contributed by atoms with E-state index in [2.05, 4.69) is 15.6 Å². The molecule has 10 nitrogen and oxygen atoms in total. The van der Waals surface area contributed by atoms with Crippen molar-refractivity contribution in [2.24, 2.45) is 0 Å². The van der Waals surface area contributed by atoms with Gasteiger partial charge in [-0.25, -0.2) is 9.59 Å². The number of aromatic nitrogens is 1. The fourth-order valence-corrected chi connectivity index (χ4v) is 4.90. The number of carboxylic acid groups (broad SMARTS) is 1. The minimum absolute atomic E-state index is 0.0880. The van der Waals surface area contributed by atoms with Crippen molar-refractivity contribution in [3.63, 3.8) is 0 Å². The first-order valence-corrected chi connectivity index (χ1v) is 13.4. The summed E-state index contributed by atoms with van der Waals surface area (Å²) < 4.78 is 5.48. The van der Waals surface area contributed by atoms with Gasteiger partial charge < -0.3 is 25.5 Å². The zero-order chi connectivity index (χ0) is 28.9. The molecule has 1 aromatic heterocycles. The molecule has 1 saturated heterocycles. The number of carbonyl (C=O) groups excluding carboxylic acids is 3. The summed E-state index contributed by atoms with van der Waals surface area (Å²) in [5, 5.41) is 16.2. The highest BCUT2D eigenvalue weighted by Crippen LogP contribution is 2.23. The first kappa shape index (κ1) is 28.7. The quantitative estimate of drug-likeness (QED) is 0.323. The summed E-state index contributed by atoms with van der Waals surface area (Å²) in [6.07, 6.45) is 2.45. The van der Waals surface area contributed by atoms with Crippen LogP contribution in [0.5, 0.6) is 0 Å². The molecule has 0 radical (unpaired) electrons. The molecule has 40 heavy (non-hydrogen) atoms. The number of para-hydroxylation sites is 1. The third kappa shape index (κ3) is 7.19. The topological polar surface area (TPSA) is 141 Å². The van der Waals surface area contributed by atoms with Crippen molar-refractivity contribution >= 4 is 34.8 Å². The number of ether oxygens (including phenoxy) is 1. The zero-order valence-corrected chi connectivity index (χ0v) is 23.0. The molecule has 3 aromatic rings. The van der Waals surface area contributed by atoms with Gasteiger partial charge in [0, 0.05) is 36.5 Å². The third-order valence-electron chi connectivity index (χ3n) is 6.81. The molecule has 2 aromatic carbocycles. The molecule has 0 aliphatic carbocycles. The number of amides is 3. The Morgan fingerprint density at radius 3 is 2.40 bits per heavy atom. The molecule has 4 rings (SSSR count). The monoisotopic (exact) mass is 548 g/mol. The van der Waals surface area contributed by atoms with Gasteiger partial charge in [0.15, 0.2) is 0 Å². The second-order valence-corrected chi connectivity index (χ2v) is 11.0. The molecular formula is C30H36N4O6. The number of likely N-dealkylation sites (tertiary alicyclic amines) is 1. The van der Waals surface area contributed by atoms with Gasteiger partial charge in [0.1, 0.15) is 23.7 Å². The molecule has 1 aliphatic rings. The van der Waals surface area contributed by atoms with Crippen LogP contribution in [0, 0.1) is 0 Å². The minimum atomic E-state index is -1.19. The summed E-state index contributed by atoms with van der Waals surface area (Å²) in [5.41, 5.74) is 1.71. The van der Waals surface area contributed by atoms with Gasteiger partial charge in [0.2, 0.25) is 11.8 Å². The number of hydrogen-bond donors (Lipinski definition) is 4. The van der Waals surface area contributed by atoms with Gasteiger partial charge in [-0.05, 0) is 50.8 Å². The van der Waals surface area contributed by atoms with Crippen LogP contribution in [0.2, 0.25) is 0 Å². The van der Waals surface area contributed by atoms with Gasteiger partial charge >= 0.3 is 12.1 Å². The average molecular weight is 549 g/mol. The van der Waals surface area contributed by atoms with Gasteiger partial charge in [0.25, 0.3) is 0 Å². The molecular weight excluding hydrogens is 512 g/mol. The maximum absolute atomic E-state index is 13.6. The smallest absolute Gasteiger partial charge is 0.410 e. The minimum Gasteiger partial charge on any atom is -0.480 e. The zero-order valence-electron chi connectivity index (χ0n) is 23.0. The Morgan fingerprint density at radius 2 is 1.70 bits per heavy atom. The van der Waals surface area contributed by atoms with Crippen molar-refractivity contribution < 1.29 is 29.0 Å². The molecule has 4 N–H and O–H groups in total. The van der Waals surface area contributed by atoms with Crippen molar-refractivity contribution in [2.45, 2.75) is 70.2 Å². The standard InChI is InChI=1S/C30H36N4O6/c1-30(2,3)40-29(39)34-15-9-14-25(34)27(36)32-23(17-20-18-31-22-13-8-7-12-21(20)22)26(35)33-24(28(37)38)16-19-10-5-4-6-11-19/h4-8,10-13,18,23-25,31H,9,14-17H2,1-3H3,(H,32,36)(H,33,35)(H,37,38). The number of H-pyrrole nitrogens is 1. The van der Waals surface area contributed by atoms with E-state index in [4.69, 9.17) is 4.74 Å². The summed E-state index contributed by atoms with van der Waals surface area (Å²) in [6, 6.07) is 13.5. The van der Waals surface area contributed by atoms with E-state index in [1.54, 1.807) is 51.2 Å². The van der Waals surface area contributed by atoms with Crippen LogP contribution in [0.1, 0.15) is 44.7 Å². The maximum atomic E-state index is 13.6. The summed E-state index contributed by atoms with van der Waals surface area (Å²) in [7, 11) is 0. The second kappa shape index (κ2) is 12.2. The van der Waals surface area contributed by atoms with E-state index < -0.39 is 47.6 Å². The number of benzene rings is 2. The van der Waals surface area contributed by atoms with E-state index >= 15 is 0 Å². The highest BCUT2D eigenvalue weighted by atomic mass is 16.6. The molecule has 10 heteroatoms. The van der Waals surface area contributed by atoms with Crippen LogP contribution in [0.3, 0.4) is 0 Å². The van der Waals surface area contributed by atoms with Crippen LogP contribution < -0.4 is 10.6 Å². The normalized spacial score (nSPS) is 16.8. The van der Waals surface area contributed by atoms with E-state index in [0.29, 0.717) is 19.4 Å². The first-order chi connectivity index (χ1) is 19.0. The van der Waals surface area contributed by atoms with Crippen molar-refractivity contribution in [3.05, 3.63) is 71.9 Å². The second-order valence-electron chi connectivity index (χ2n) is 11.0.